The van der Waals surface area contributed by atoms with Crippen molar-refractivity contribution in [2.75, 3.05) is 18.8 Å². The van der Waals surface area contributed by atoms with E-state index in [2.05, 4.69) is 17.1 Å². The summed E-state index contributed by atoms with van der Waals surface area (Å²) in [6.07, 6.45) is 5.86. The number of thioether (sulfide) groups is 1. The Kier molecular flexibility index (Phi) is 9.24. The summed E-state index contributed by atoms with van der Waals surface area (Å²) < 4.78 is 1.75. The Morgan fingerprint density at radius 3 is 2.77 bits per heavy atom. The molecule has 1 aliphatic rings. The van der Waals surface area contributed by atoms with Crippen LogP contribution >= 0.6 is 23.4 Å². The Balaban J connectivity index is 1.44. The molecule has 4 rings (SSSR count). The van der Waals surface area contributed by atoms with E-state index >= 15 is 0 Å². The number of hydrogen-bond donors (Lipinski definition) is 1. The maximum Gasteiger partial charge on any atom is 0.262 e. The molecule has 0 saturated carbocycles. The van der Waals surface area contributed by atoms with Crippen molar-refractivity contribution in [1.29, 1.82) is 0 Å². The Morgan fingerprint density at radius 2 is 1.94 bits per heavy atom. The number of benzene rings is 2. The molecular weight excluding hydrogens is 480 g/mol. The van der Waals surface area contributed by atoms with Crippen molar-refractivity contribution in [3.05, 3.63) is 69.5 Å². The molecular formula is C27H33ClN4O2S. The van der Waals surface area contributed by atoms with E-state index in [0.29, 0.717) is 40.2 Å². The lowest BCUT2D eigenvalue weighted by Crippen LogP contribution is -2.40. The summed E-state index contributed by atoms with van der Waals surface area (Å²) in [6, 6.07) is 15.5. The van der Waals surface area contributed by atoms with E-state index in [9.17, 15) is 9.59 Å². The summed E-state index contributed by atoms with van der Waals surface area (Å²) >= 11 is 7.50. The predicted octanol–water partition coefficient (Wildman–Crippen LogP) is 5.11. The fourth-order valence-electron chi connectivity index (χ4n) is 4.72. The van der Waals surface area contributed by atoms with Gasteiger partial charge in [-0.15, -0.1) is 0 Å². The molecule has 0 aliphatic carbocycles. The summed E-state index contributed by atoms with van der Waals surface area (Å²) in [5.41, 5.74) is 1.49. The number of nitrogens with one attached hydrogen (secondary N) is 1. The number of fused-ring (bicyclic) bond motifs is 1. The lowest BCUT2D eigenvalue weighted by Gasteiger charge is -2.35. The van der Waals surface area contributed by atoms with Gasteiger partial charge < -0.3 is 10.2 Å². The van der Waals surface area contributed by atoms with Crippen LogP contribution in [0.3, 0.4) is 0 Å². The summed E-state index contributed by atoms with van der Waals surface area (Å²) in [7, 11) is 0. The van der Waals surface area contributed by atoms with Gasteiger partial charge in [-0.2, -0.15) is 0 Å². The first-order valence-corrected chi connectivity index (χ1v) is 13.8. The van der Waals surface area contributed by atoms with Gasteiger partial charge in [0, 0.05) is 30.7 Å². The van der Waals surface area contributed by atoms with Crippen molar-refractivity contribution >= 4 is 40.2 Å². The Morgan fingerprint density at radius 1 is 1.14 bits per heavy atom. The van der Waals surface area contributed by atoms with Crippen LogP contribution in [0.2, 0.25) is 5.02 Å². The van der Waals surface area contributed by atoms with E-state index in [4.69, 9.17) is 16.6 Å². The number of halogens is 1. The van der Waals surface area contributed by atoms with Gasteiger partial charge in [-0.3, -0.25) is 14.2 Å². The van der Waals surface area contributed by atoms with Gasteiger partial charge in [0.2, 0.25) is 5.91 Å². The minimum absolute atomic E-state index is 0.0414. The van der Waals surface area contributed by atoms with Gasteiger partial charge in [0.25, 0.3) is 5.56 Å². The van der Waals surface area contributed by atoms with Gasteiger partial charge in [-0.1, -0.05) is 67.0 Å². The number of nitrogens with zero attached hydrogens (tertiary/aromatic N) is 3. The molecule has 6 nitrogen and oxygen atoms in total. The highest BCUT2D eigenvalue weighted by molar-refractivity contribution is 7.99. The third-order valence-corrected chi connectivity index (χ3v) is 7.99. The highest BCUT2D eigenvalue weighted by Gasteiger charge is 2.20. The third kappa shape index (κ3) is 6.66. The molecule has 1 aromatic heterocycles. The van der Waals surface area contributed by atoms with E-state index in [-0.39, 0.29) is 17.2 Å². The Labute approximate surface area is 216 Å². The van der Waals surface area contributed by atoms with Crippen LogP contribution in [0.4, 0.5) is 0 Å². The highest BCUT2D eigenvalue weighted by Crippen LogP contribution is 2.21. The molecule has 8 heteroatoms. The molecule has 1 fully saturated rings. The summed E-state index contributed by atoms with van der Waals surface area (Å²) in [4.78, 5) is 33.2. The lowest BCUT2D eigenvalue weighted by atomic mass is 10.00. The molecule has 3 aromatic rings. The van der Waals surface area contributed by atoms with E-state index in [1.54, 1.807) is 4.57 Å². The Hall–Kier alpha value is -2.35. The number of amides is 1. The second-order valence-corrected chi connectivity index (χ2v) is 10.3. The van der Waals surface area contributed by atoms with Crippen molar-refractivity contribution in [3.8, 4) is 0 Å². The zero-order chi connectivity index (χ0) is 24.6. The van der Waals surface area contributed by atoms with Crippen LogP contribution in [0, 0.1) is 0 Å². The van der Waals surface area contributed by atoms with E-state index in [1.807, 2.05) is 48.5 Å². The normalized spacial score (nSPS) is 16.5. The van der Waals surface area contributed by atoms with Gasteiger partial charge in [0.05, 0.1) is 16.7 Å². The third-order valence-electron chi connectivity index (χ3n) is 6.64. The SMILES string of the molecule is CCC1CCCCN1CCCn1c(SCC(=O)NCc2ccccc2Cl)nc2ccccc2c1=O. The van der Waals surface area contributed by atoms with E-state index < -0.39 is 0 Å². The molecule has 2 heterocycles. The molecule has 1 N–H and O–H groups in total. The fraction of sp³-hybridized carbons (Fsp3) is 0.444. The number of carbonyl (C=O) groups excluding carboxylic acids is 1. The maximum atomic E-state index is 13.3. The highest BCUT2D eigenvalue weighted by atomic mass is 35.5. The molecule has 186 valence electrons. The van der Waals surface area contributed by atoms with Crippen LogP contribution in [0.15, 0.2) is 58.5 Å². The van der Waals surface area contributed by atoms with E-state index in [0.717, 1.165) is 25.1 Å². The molecule has 1 aliphatic heterocycles. The average molecular weight is 513 g/mol. The van der Waals surface area contributed by atoms with Crippen LogP contribution in [0.5, 0.6) is 0 Å². The number of piperidine rings is 1. The maximum absolute atomic E-state index is 13.3. The van der Waals surface area contributed by atoms with Crippen LogP contribution in [0.25, 0.3) is 10.9 Å². The van der Waals surface area contributed by atoms with Crippen molar-refractivity contribution in [2.45, 2.75) is 63.3 Å². The molecule has 35 heavy (non-hydrogen) atoms. The minimum atomic E-state index is -0.122. The van der Waals surface area contributed by atoms with Crippen molar-refractivity contribution < 1.29 is 4.79 Å². The van der Waals surface area contributed by atoms with E-state index in [1.165, 1.54) is 37.4 Å². The second-order valence-electron chi connectivity index (χ2n) is 8.97. The Bertz CT molecular complexity index is 1220. The molecule has 0 bridgehead atoms. The second kappa shape index (κ2) is 12.6. The monoisotopic (exact) mass is 512 g/mol. The molecule has 0 spiro atoms. The van der Waals surface area contributed by atoms with Crippen LogP contribution in [-0.4, -0.2) is 45.2 Å². The predicted molar refractivity (Wildman–Crippen MR) is 144 cm³/mol. The topological polar surface area (TPSA) is 67.2 Å². The molecule has 2 aromatic carbocycles. The quantitative estimate of drug-likeness (QED) is 0.302. The number of aromatic nitrogens is 2. The zero-order valence-corrected chi connectivity index (χ0v) is 21.8. The first-order valence-electron chi connectivity index (χ1n) is 12.4. The number of rotatable bonds is 10. The molecule has 0 radical (unpaired) electrons. The summed E-state index contributed by atoms with van der Waals surface area (Å²) in [5, 5.41) is 4.75. The number of para-hydroxylation sites is 1. The van der Waals surface area contributed by atoms with Crippen LogP contribution in [0.1, 0.15) is 44.6 Å². The van der Waals surface area contributed by atoms with Crippen molar-refractivity contribution in [1.82, 2.24) is 19.8 Å². The minimum Gasteiger partial charge on any atom is -0.351 e. The number of likely N-dealkylation sites (tertiary alicyclic amines) is 1. The van der Waals surface area contributed by atoms with Gasteiger partial charge in [0.1, 0.15) is 0 Å². The molecule has 1 saturated heterocycles. The fourth-order valence-corrected chi connectivity index (χ4v) is 5.78. The van der Waals surface area contributed by atoms with Crippen LogP contribution in [-0.2, 0) is 17.9 Å². The van der Waals surface area contributed by atoms with Gasteiger partial charge >= 0.3 is 0 Å². The zero-order valence-electron chi connectivity index (χ0n) is 20.2. The van der Waals surface area contributed by atoms with Crippen molar-refractivity contribution in [2.24, 2.45) is 0 Å². The lowest BCUT2D eigenvalue weighted by molar-refractivity contribution is -0.118. The largest absolute Gasteiger partial charge is 0.351 e. The van der Waals surface area contributed by atoms with Gasteiger partial charge in [0.15, 0.2) is 5.16 Å². The average Bonchev–Trinajstić information content (AvgIpc) is 2.88. The summed E-state index contributed by atoms with van der Waals surface area (Å²) in [5.74, 6) is 0.0576. The van der Waals surface area contributed by atoms with Crippen LogP contribution < -0.4 is 10.9 Å². The van der Waals surface area contributed by atoms with Gasteiger partial charge in [-0.05, 0) is 56.0 Å². The smallest absolute Gasteiger partial charge is 0.262 e. The summed E-state index contributed by atoms with van der Waals surface area (Å²) in [6.45, 7) is 5.32. The first kappa shape index (κ1) is 25.7. The first-order chi connectivity index (χ1) is 17.1. The van der Waals surface area contributed by atoms with Gasteiger partial charge in [-0.25, -0.2) is 4.98 Å². The van der Waals surface area contributed by atoms with Crippen molar-refractivity contribution in [3.63, 3.8) is 0 Å². The molecule has 1 atom stereocenters. The molecule has 1 amide bonds. The molecule has 1 unspecified atom stereocenters. The number of carbonyl (C=O) groups is 1. The number of hydrogen-bond acceptors (Lipinski definition) is 5. The standard InChI is InChI=1S/C27H33ClN4O2S/c1-2-21-11-7-8-15-31(21)16-9-17-32-26(34)22-12-4-6-14-24(22)30-27(32)35-19-25(33)29-18-20-10-3-5-13-23(20)28/h3-6,10,12-14,21H,2,7-9,11,15-19H2,1H3,(H,29,33).